The van der Waals surface area contributed by atoms with E-state index in [9.17, 15) is 23.2 Å². The number of amides is 3. The molecule has 0 bridgehead atoms. The van der Waals surface area contributed by atoms with Gasteiger partial charge in [0.2, 0.25) is 5.91 Å². The molecule has 2 saturated heterocycles. The first-order chi connectivity index (χ1) is 12.9. The minimum atomic E-state index is -1.04. The van der Waals surface area contributed by atoms with Gasteiger partial charge < -0.3 is 15.5 Å². The van der Waals surface area contributed by atoms with Gasteiger partial charge in [-0.05, 0) is 43.9 Å². The van der Waals surface area contributed by atoms with Crippen LogP contribution in [0.1, 0.15) is 36.0 Å². The Hall–Kier alpha value is -2.51. The fraction of sp³-hybridized carbons (Fsp3) is 0.526. The Kier molecular flexibility index (Phi) is 5.72. The fourth-order valence-electron chi connectivity index (χ4n) is 3.88. The molecular formula is C19H23F2N3O3. The van der Waals surface area contributed by atoms with Crippen LogP contribution in [0.4, 0.5) is 13.6 Å². The quantitative estimate of drug-likeness (QED) is 0.817. The van der Waals surface area contributed by atoms with Crippen LogP contribution in [-0.4, -0.2) is 53.7 Å². The van der Waals surface area contributed by atoms with Crippen molar-refractivity contribution in [1.29, 1.82) is 0 Å². The molecule has 146 valence electrons. The van der Waals surface area contributed by atoms with Crippen molar-refractivity contribution in [2.75, 3.05) is 26.2 Å². The first kappa shape index (κ1) is 19.3. The zero-order valence-corrected chi connectivity index (χ0v) is 15.0. The average Bonchev–Trinajstić information content (AvgIpc) is 2.69. The predicted molar refractivity (Wildman–Crippen MR) is 93.9 cm³/mol. The molecule has 2 fully saturated rings. The minimum absolute atomic E-state index is 0.0142. The number of nitrogens with two attached hydrogens (primary N) is 1. The summed E-state index contributed by atoms with van der Waals surface area (Å²) in [7, 11) is 0. The molecule has 1 atom stereocenters. The van der Waals surface area contributed by atoms with E-state index in [2.05, 4.69) is 0 Å². The van der Waals surface area contributed by atoms with Gasteiger partial charge in [-0.2, -0.15) is 0 Å². The highest BCUT2D eigenvalue weighted by molar-refractivity contribution is 5.98. The van der Waals surface area contributed by atoms with Crippen LogP contribution in [0, 0.1) is 23.5 Å². The summed E-state index contributed by atoms with van der Waals surface area (Å²) in [6, 6.07) is 2.66. The number of hydrogen-bond acceptors (Lipinski definition) is 3. The molecular weight excluding hydrogens is 356 g/mol. The van der Waals surface area contributed by atoms with Gasteiger partial charge in [0.15, 0.2) is 17.4 Å². The molecule has 2 N–H and O–H groups in total. The standard InChI is InChI=1S/C19H23F2N3O3/c20-15-4-3-13(10-16(15)21)17(25)12-5-8-23(9-6-12)18(26)14-2-1-7-24(11-14)19(22)27/h3-4,10,12,14H,1-2,5-9,11H2,(H2,22,27)/t14-/m1/s1. The Bertz CT molecular complexity index is 748. The van der Waals surface area contributed by atoms with Gasteiger partial charge in [0.1, 0.15) is 0 Å². The number of piperidine rings is 2. The molecule has 3 amide bonds. The number of rotatable bonds is 3. The highest BCUT2D eigenvalue weighted by Gasteiger charge is 2.34. The number of Topliss-reactive ketones (excluding diaryl/α,β-unsaturated/α-hetero) is 1. The lowest BCUT2D eigenvalue weighted by Gasteiger charge is -2.37. The highest BCUT2D eigenvalue weighted by Crippen LogP contribution is 2.26. The number of halogens is 2. The third kappa shape index (κ3) is 4.26. The van der Waals surface area contributed by atoms with E-state index in [-0.39, 0.29) is 29.1 Å². The number of nitrogens with zero attached hydrogens (tertiary/aromatic N) is 2. The van der Waals surface area contributed by atoms with E-state index >= 15 is 0 Å². The van der Waals surface area contributed by atoms with Crippen LogP contribution in [-0.2, 0) is 4.79 Å². The maximum Gasteiger partial charge on any atom is 0.314 e. The number of ketones is 1. The van der Waals surface area contributed by atoms with E-state index in [1.165, 1.54) is 11.0 Å². The molecule has 6 nitrogen and oxygen atoms in total. The highest BCUT2D eigenvalue weighted by atomic mass is 19.2. The maximum atomic E-state index is 13.4. The lowest BCUT2D eigenvalue weighted by molar-refractivity contribution is -0.138. The zero-order valence-electron chi connectivity index (χ0n) is 15.0. The van der Waals surface area contributed by atoms with Crippen LogP contribution in [0.15, 0.2) is 18.2 Å². The second kappa shape index (κ2) is 8.02. The molecule has 1 aromatic rings. The van der Waals surface area contributed by atoms with Crippen LogP contribution in [0.2, 0.25) is 0 Å². The molecule has 0 aliphatic carbocycles. The van der Waals surface area contributed by atoms with Crippen molar-refractivity contribution < 1.29 is 23.2 Å². The number of hydrogen-bond donors (Lipinski definition) is 1. The summed E-state index contributed by atoms with van der Waals surface area (Å²) in [6.07, 6.45) is 2.42. The summed E-state index contributed by atoms with van der Waals surface area (Å²) in [5.41, 5.74) is 5.46. The number of benzene rings is 1. The molecule has 8 heteroatoms. The lowest BCUT2D eigenvalue weighted by Crippen LogP contribution is -2.50. The van der Waals surface area contributed by atoms with Gasteiger partial charge in [0.05, 0.1) is 5.92 Å². The predicted octanol–water partition coefficient (Wildman–Crippen LogP) is 2.18. The van der Waals surface area contributed by atoms with Crippen LogP contribution >= 0.6 is 0 Å². The van der Waals surface area contributed by atoms with Crippen molar-refractivity contribution >= 4 is 17.7 Å². The number of likely N-dealkylation sites (tertiary alicyclic amines) is 2. The number of urea groups is 1. The molecule has 2 heterocycles. The fourth-order valence-corrected chi connectivity index (χ4v) is 3.88. The Morgan fingerprint density at radius 1 is 0.926 bits per heavy atom. The third-order valence-electron chi connectivity index (χ3n) is 5.46. The first-order valence-electron chi connectivity index (χ1n) is 9.19. The van der Waals surface area contributed by atoms with Gasteiger partial charge in [-0.15, -0.1) is 0 Å². The molecule has 2 aliphatic heterocycles. The Morgan fingerprint density at radius 3 is 2.26 bits per heavy atom. The van der Waals surface area contributed by atoms with Crippen molar-refractivity contribution in [3.63, 3.8) is 0 Å². The Balaban J connectivity index is 1.56. The lowest BCUT2D eigenvalue weighted by atomic mass is 9.87. The number of carbonyl (C=O) groups excluding carboxylic acids is 3. The van der Waals surface area contributed by atoms with Gasteiger partial charge in [-0.25, -0.2) is 13.6 Å². The Morgan fingerprint density at radius 2 is 1.63 bits per heavy atom. The zero-order chi connectivity index (χ0) is 19.6. The summed E-state index contributed by atoms with van der Waals surface area (Å²) < 4.78 is 26.4. The molecule has 0 radical (unpaired) electrons. The van der Waals surface area contributed by atoms with Crippen molar-refractivity contribution in [1.82, 2.24) is 9.80 Å². The molecule has 0 unspecified atom stereocenters. The average molecular weight is 379 g/mol. The van der Waals surface area contributed by atoms with Crippen LogP contribution < -0.4 is 5.73 Å². The van der Waals surface area contributed by atoms with Crippen molar-refractivity contribution in [3.05, 3.63) is 35.4 Å². The first-order valence-corrected chi connectivity index (χ1v) is 9.19. The molecule has 3 rings (SSSR count). The van der Waals surface area contributed by atoms with Crippen LogP contribution in [0.25, 0.3) is 0 Å². The second-order valence-electron chi connectivity index (χ2n) is 7.22. The van der Waals surface area contributed by atoms with Crippen LogP contribution in [0.3, 0.4) is 0 Å². The van der Waals surface area contributed by atoms with E-state index < -0.39 is 17.7 Å². The molecule has 0 spiro atoms. The van der Waals surface area contributed by atoms with E-state index in [0.717, 1.165) is 25.0 Å². The Labute approximate surface area is 156 Å². The molecule has 1 aromatic carbocycles. The van der Waals surface area contributed by atoms with E-state index in [1.54, 1.807) is 4.90 Å². The molecule has 0 aromatic heterocycles. The summed E-state index contributed by atoms with van der Waals surface area (Å²) in [5.74, 6) is -2.83. The van der Waals surface area contributed by atoms with Gasteiger partial charge in [0.25, 0.3) is 0 Å². The van der Waals surface area contributed by atoms with Crippen LogP contribution in [0.5, 0.6) is 0 Å². The van der Waals surface area contributed by atoms with E-state index in [0.29, 0.717) is 39.0 Å². The van der Waals surface area contributed by atoms with Crippen molar-refractivity contribution in [2.45, 2.75) is 25.7 Å². The number of carbonyl (C=O) groups is 3. The third-order valence-corrected chi connectivity index (χ3v) is 5.46. The summed E-state index contributed by atoms with van der Waals surface area (Å²) in [4.78, 5) is 39.8. The molecule has 27 heavy (non-hydrogen) atoms. The number of primary amides is 1. The maximum absolute atomic E-state index is 13.4. The topological polar surface area (TPSA) is 83.7 Å². The normalized spacial score (nSPS) is 21.2. The smallest absolute Gasteiger partial charge is 0.314 e. The summed E-state index contributed by atoms with van der Waals surface area (Å²) in [5, 5.41) is 0. The van der Waals surface area contributed by atoms with Crippen molar-refractivity contribution in [3.8, 4) is 0 Å². The van der Waals surface area contributed by atoms with Crippen molar-refractivity contribution in [2.24, 2.45) is 17.6 Å². The van der Waals surface area contributed by atoms with Gasteiger partial charge in [0, 0.05) is 37.7 Å². The summed E-state index contributed by atoms with van der Waals surface area (Å²) in [6.45, 7) is 1.78. The molecule has 2 aliphatic rings. The van der Waals surface area contributed by atoms with Gasteiger partial charge in [-0.3, -0.25) is 9.59 Å². The van der Waals surface area contributed by atoms with E-state index in [4.69, 9.17) is 5.73 Å². The SMILES string of the molecule is NC(=O)N1CCC[C@@H](C(=O)N2CCC(C(=O)c3ccc(F)c(F)c3)CC2)C1. The van der Waals surface area contributed by atoms with Gasteiger partial charge in [-0.1, -0.05) is 0 Å². The van der Waals surface area contributed by atoms with E-state index in [1.807, 2.05) is 0 Å². The molecule has 0 saturated carbocycles. The minimum Gasteiger partial charge on any atom is -0.351 e. The van der Waals surface area contributed by atoms with Gasteiger partial charge >= 0.3 is 6.03 Å². The monoisotopic (exact) mass is 379 g/mol. The second-order valence-corrected chi connectivity index (χ2v) is 7.22. The largest absolute Gasteiger partial charge is 0.351 e. The summed E-state index contributed by atoms with van der Waals surface area (Å²) >= 11 is 0.